The molecule has 0 fully saturated rings. The predicted molar refractivity (Wildman–Crippen MR) is 61.3 cm³/mol. The number of hydrogen-bond acceptors (Lipinski definition) is 2. The zero-order valence-corrected chi connectivity index (χ0v) is 8.31. The van der Waals surface area contributed by atoms with Gasteiger partial charge in [0.25, 0.3) is 0 Å². The molecule has 15 heavy (non-hydrogen) atoms. The van der Waals surface area contributed by atoms with Crippen molar-refractivity contribution in [1.82, 2.24) is 0 Å². The minimum absolute atomic E-state index is 0.280. The third-order valence-corrected chi connectivity index (χ3v) is 2.16. The molecule has 0 atom stereocenters. The molecule has 2 heteroatoms. The van der Waals surface area contributed by atoms with E-state index in [1.807, 2.05) is 24.3 Å². The highest BCUT2D eigenvalue weighted by Gasteiger charge is 1.97. The van der Waals surface area contributed by atoms with Crippen LogP contribution in [0.2, 0.25) is 0 Å². The summed E-state index contributed by atoms with van der Waals surface area (Å²) in [6.07, 6.45) is 1.71. The van der Waals surface area contributed by atoms with E-state index in [1.165, 1.54) is 0 Å². The number of phenolic OH excluding ortho intramolecular Hbond substituents is 1. The van der Waals surface area contributed by atoms with Crippen LogP contribution in [0.5, 0.6) is 11.5 Å². The lowest BCUT2D eigenvalue weighted by Crippen LogP contribution is -1.91. The molecule has 0 aliphatic heterocycles. The third-order valence-electron chi connectivity index (χ3n) is 2.16. The van der Waals surface area contributed by atoms with Crippen molar-refractivity contribution in [2.75, 3.05) is 6.61 Å². The normalized spacial score (nSPS) is 10.1. The average molecular weight is 200 g/mol. The summed E-state index contributed by atoms with van der Waals surface area (Å²) in [5.74, 6) is 1.09. The highest BCUT2D eigenvalue weighted by atomic mass is 16.5. The van der Waals surface area contributed by atoms with Crippen molar-refractivity contribution in [3.63, 3.8) is 0 Å². The molecule has 2 aromatic carbocycles. The fraction of sp³-hybridized carbons (Fsp3) is 0.0769. The van der Waals surface area contributed by atoms with Crippen LogP contribution in [-0.4, -0.2) is 11.7 Å². The molecule has 0 amide bonds. The van der Waals surface area contributed by atoms with Crippen LogP contribution < -0.4 is 4.74 Å². The standard InChI is InChI=1S/C13H12O2/c1-2-7-15-13-6-4-10-8-12(14)5-3-11(10)9-13/h2-6,8-9,14H,1,7H2. The predicted octanol–water partition coefficient (Wildman–Crippen LogP) is 3.11. The van der Waals surface area contributed by atoms with Crippen molar-refractivity contribution in [2.45, 2.75) is 0 Å². The van der Waals surface area contributed by atoms with E-state index in [0.717, 1.165) is 16.5 Å². The highest BCUT2D eigenvalue weighted by molar-refractivity contribution is 5.85. The van der Waals surface area contributed by atoms with Crippen molar-refractivity contribution in [3.05, 3.63) is 49.1 Å². The number of ether oxygens (including phenoxy) is 1. The first-order chi connectivity index (χ1) is 7.29. The summed E-state index contributed by atoms with van der Waals surface area (Å²) >= 11 is 0. The number of aromatic hydroxyl groups is 1. The number of rotatable bonds is 3. The van der Waals surface area contributed by atoms with E-state index >= 15 is 0 Å². The van der Waals surface area contributed by atoms with E-state index in [4.69, 9.17) is 4.74 Å². The first-order valence-electron chi connectivity index (χ1n) is 4.76. The van der Waals surface area contributed by atoms with Crippen molar-refractivity contribution in [3.8, 4) is 11.5 Å². The lowest BCUT2D eigenvalue weighted by atomic mass is 10.1. The Morgan fingerprint density at radius 2 is 1.87 bits per heavy atom. The van der Waals surface area contributed by atoms with Gasteiger partial charge in [-0.2, -0.15) is 0 Å². The van der Waals surface area contributed by atoms with E-state index < -0.39 is 0 Å². The second-order valence-corrected chi connectivity index (χ2v) is 3.29. The number of hydrogen-bond donors (Lipinski definition) is 1. The Morgan fingerprint density at radius 3 is 2.67 bits per heavy atom. The average Bonchev–Trinajstić information content (AvgIpc) is 2.26. The summed E-state index contributed by atoms with van der Waals surface area (Å²) in [5.41, 5.74) is 0. The van der Waals surface area contributed by atoms with Gasteiger partial charge in [-0.25, -0.2) is 0 Å². The lowest BCUT2D eigenvalue weighted by Gasteiger charge is -2.04. The summed E-state index contributed by atoms with van der Waals surface area (Å²) in [4.78, 5) is 0. The molecule has 2 nitrogen and oxygen atoms in total. The van der Waals surface area contributed by atoms with Gasteiger partial charge in [0.15, 0.2) is 0 Å². The Hall–Kier alpha value is -1.96. The summed E-state index contributed by atoms with van der Waals surface area (Å²) in [5, 5.41) is 11.3. The van der Waals surface area contributed by atoms with Gasteiger partial charge < -0.3 is 9.84 Å². The molecular weight excluding hydrogens is 188 g/mol. The first-order valence-corrected chi connectivity index (χ1v) is 4.76. The molecule has 76 valence electrons. The molecule has 0 bridgehead atoms. The summed E-state index contributed by atoms with van der Waals surface area (Å²) in [6.45, 7) is 4.10. The van der Waals surface area contributed by atoms with Gasteiger partial charge >= 0.3 is 0 Å². The Kier molecular flexibility index (Phi) is 2.59. The maximum atomic E-state index is 9.30. The first kappa shape index (κ1) is 9.59. The maximum Gasteiger partial charge on any atom is 0.120 e. The van der Waals surface area contributed by atoms with Crippen LogP contribution in [0.15, 0.2) is 49.1 Å². The zero-order valence-electron chi connectivity index (χ0n) is 8.31. The molecule has 0 aromatic heterocycles. The van der Waals surface area contributed by atoms with Gasteiger partial charge in [0.05, 0.1) is 0 Å². The van der Waals surface area contributed by atoms with Gasteiger partial charge in [-0.1, -0.05) is 24.8 Å². The fourth-order valence-electron chi connectivity index (χ4n) is 1.46. The third kappa shape index (κ3) is 2.10. The molecule has 2 rings (SSSR count). The van der Waals surface area contributed by atoms with Crippen molar-refractivity contribution in [2.24, 2.45) is 0 Å². The molecular formula is C13H12O2. The minimum Gasteiger partial charge on any atom is -0.508 e. The second-order valence-electron chi connectivity index (χ2n) is 3.29. The van der Waals surface area contributed by atoms with Gasteiger partial charge in [0.1, 0.15) is 18.1 Å². The van der Waals surface area contributed by atoms with Gasteiger partial charge in [-0.05, 0) is 35.0 Å². The van der Waals surface area contributed by atoms with Crippen molar-refractivity contribution < 1.29 is 9.84 Å². The van der Waals surface area contributed by atoms with Crippen LogP contribution in [-0.2, 0) is 0 Å². The van der Waals surface area contributed by atoms with Gasteiger partial charge in [-0.3, -0.25) is 0 Å². The van der Waals surface area contributed by atoms with Gasteiger partial charge in [-0.15, -0.1) is 0 Å². The Bertz CT molecular complexity index is 489. The highest BCUT2D eigenvalue weighted by Crippen LogP contribution is 2.24. The van der Waals surface area contributed by atoms with Crippen LogP contribution >= 0.6 is 0 Å². The minimum atomic E-state index is 0.280. The number of benzene rings is 2. The Balaban J connectivity index is 2.38. The van der Waals surface area contributed by atoms with Crippen LogP contribution in [0.4, 0.5) is 0 Å². The Labute approximate surface area is 88.4 Å². The lowest BCUT2D eigenvalue weighted by molar-refractivity contribution is 0.364. The van der Waals surface area contributed by atoms with Crippen molar-refractivity contribution in [1.29, 1.82) is 0 Å². The zero-order chi connectivity index (χ0) is 10.7. The van der Waals surface area contributed by atoms with E-state index in [9.17, 15) is 5.11 Å². The van der Waals surface area contributed by atoms with Gasteiger partial charge in [0.2, 0.25) is 0 Å². The molecule has 0 saturated carbocycles. The van der Waals surface area contributed by atoms with Crippen LogP contribution in [0.25, 0.3) is 10.8 Å². The van der Waals surface area contributed by atoms with Gasteiger partial charge in [0, 0.05) is 0 Å². The molecule has 0 heterocycles. The smallest absolute Gasteiger partial charge is 0.120 e. The topological polar surface area (TPSA) is 29.5 Å². The quantitative estimate of drug-likeness (QED) is 0.771. The Morgan fingerprint density at radius 1 is 1.13 bits per heavy atom. The summed E-state index contributed by atoms with van der Waals surface area (Å²) in [6, 6.07) is 11.0. The van der Waals surface area contributed by atoms with E-state index in [-0.39, 0.29) is 5.75 Å². The monoisotopic (exact) mass is 200 g/mol. The largest absolute Gasteiger partial charge is 0.508 e. The number of fused-ring (bicyclic) bond motifs is 1. The molecule has 0 spiro atoms. The molecule has 0 aliphatic rings. The molecule has 1 N–H and O–H groups in total. The SMILES string of the molecule is C=CCOc1ccc2cc(O)ccc2c1. The summed E-state index contributed by atoms with van der Waals surface area (Å²) < 4.78 is 5.41. The van der Waals surface area contributed by atoms with E-state index in [0.29, 0.717) is 6.61 Å². The van der Waals surface area contributed by atoms with Crippen LogP contribution in [0.3, 0.4) is 0 Å². The maximum absolute atomic E-state index is 9.30. The molecule has 0 unspecified atom stereocenters. The van der Waals surface area contributed by atoms with Crippen LogP contribution in [0, 0.1) is 0 Å². The molecule has 2 aromatic rings. The fourth-order valence-corrected chi connectivity index (χ4v) is 1.46. The number of phenols is 1. The van der Waals surface area contributed by atoms with E-state index in [2.05, 4.69) is 6.58 Å². The molecule has 0 radical (unpaired) electrons. The molecule has 0 aliphatic carbocycles. The van der Waals surface area contributed by atoms with E-state index in [1.54, 1.807) is 18.2 Å². The summed E-state index contributed by atoms with van der Waals surface area (Å²) in [7, 11) is 0. The molecule has 0 saturated heterocycles. The van der Waals surface area contributed by atoms with Crippen LogP contribution in [0.1, 0.15) is 0 Å². The second kappa shape index (κ2) is 4.05. The van der Waals surface area contributed by atoms with Crippen molar-refractivity contribution >= 4 is 10.8 Å².